The van der Waals surface area contributed by atoms with Gasteiger partial charge in [-0.2, -0.15) is 0 Å². The monoisotopic (exact) mass is 196 g/mol. The largest absolute Gasteiger partial charge is 0.295 e. The lowest BCUT2D eigenvalue weighted by Gasteiger charge is -2.43. The first-order valence-electron chi connectivity index (χ1n) is 5.92. The van der Waals surface area contributed by atoms with Crippen molar-refractivity contribution in [1.82, 2.24) is 9.80 Å². The van der Waals surface area contributed by atoms with Crippen LogP contribution >= 0.6 is 0 Å². The molecule has 0 spiro atoms. The van der Waals surface area contributed by atoms with Crippen molar-refractivity contribution >= 4 is 0 Å². The predicted octanol–water partition coefficient (Wildman–Crippen LogP) is 1.95. The number of fused-ring (bicyclic) bond motifs is 2. The lowest BCUT2D eigenvalue weighted by molar-refractivity contribution is 0.0451. The Hall–Kier alpha value is -0.0800. The van der Waals surface area contributed by atoms with E-state index in [0.29, 0.717) is 5.54 Å². The van der Waals surface area contributed by atoms with Crippen LogP contribution in [0.25, 0.3) is 0 Å². The van der Waals surface area contributed by atoms with Crippen LogP contribution in [0.4, 0.5) is 0 Å². The highest BCUT2D eigenvalue weighted by molar-refractivity contribution is 5.03. The average molecular weight is 196 g/mol. The molecule has 0 radical (unpaired) electrons. The minimum Gasteiger partial charge on any atom is -0.295 e. The van der Waals surface area contributed by atoms with Crippen LogP contribution in [0.5, 0.6) is 0 Å². The van der Waals surface area contributed by atoms with Gasteiger partial charge in [-0.05, 0) is 41.0 Å². The maximum atomic E-state index is 2.69. The molecule has 2 rings (SSSR count). The van der Waals surface area contributed by atoms with Crippen molar-refractivity contribution in [3.8, 4) is 0 Å². The second-order valence-corrected chi connectivity index (χ2v) is 6.16. The smallest absolute Gasteiger partial charge is 0.0244 e. The molecule has 2 atom stereocenters. The second kappa shape index (κ2) is 3.21. The lowest BCUT2D eigenvalue weighted by Crippen LogP contribution is -2.54. The molecule has 0 amide bonds. The standard InChI is InChI=1S/C12H24N2/c1-9(2)13-7-11-6-10(13)8-14(11)12(3,4)5/h9-11H,6-8H2,1-5H3/t10?,11-/m0/s1. The van der Waals surface area contributed by atoms with Crippen molar-refractivity contribution in [2.24, 2.45) is 0 Å². The van der Waals surface area contributed by atoms with E-state index < -0.39 is 0 Å². The molecule has 1 unspecified atom stereocenters. The molecule has 2 bridgehead atoms. The SMILES string of the molecule is CC(C)N1C[C@@H]2CC1CN2C(C)(C)C. The molecule has 2 heteroatoms. The highest BCUT2D eigenvalue weighted by atomic mass is 15.4. The Morgan fingerprint density at radius 2 is 1.71 bits per heavy atom. The van der Waals surface area contributed by atoms with Gasteiger partial charge in [0.05, 0.1) is 0 Å². The normalized spacial score (nSPS) is 34.7. The molecule has 0 aliphatic carbocycles. The van der Waals surface area contributed by atoms with Crippen LogP contribution in [0.2, 0.25) is 0 Å². The molecule has 2 aliphatic heterocycles. The quantitative estimate of drug-likeness (QED) is 0.632. The fourth-order valence-electron chi connectivity index (χ4n) is 3.15. The Kier molecular flexibility index (Phi) is 2.39. The maximum Gasteiger partial charge on any atom is 0.0244 e. The molecule has 0 N–H and O–H groups in total. The third-order valence-electron chi connectivity index (χ3n) is 3.81. The number of rotatable bonds is 1. The van der Waals surface area contributed by atoms with Crippen molar-refractivity contribution in [2.75, 3.05) is 13.1 Å². The second-order valence-electron chi connectivity index (χ2n) is 6.16. The summed E-state index contributed by atoms with van der Waals surface area (Å²) in [6, 6.07) is 2.38. The van der Waals surface area contributed by atoms with Crippen molar-refractivity contribution in [1.29, 1.82) is 0 Å². The summed E-state index contributed by atoms with van der Waals surface area (Å²) in [6.45, 7) is 14.2. The highest BCUT2D eigenvalue weighted by Crippen LogP contribution is 2.36. The van der Waals surface area contributed by atoms with E-state index in [9.17, 15) is 0 Å². The van der Waals surface area contributed by atoms with Gasteiger partial charge < -0.3 is 0 Å². The molecule has 14 heavy (non-hydrogen) atoms. The van der Waals surface area contributed by atoms with Gasteiger partial charge in [-0.3, -0.25) is 9.80 Å². The van der Waals surface area contributed by atoms with Gasteiger partial charge in [0, 0.05) is 36.8 Å². The van der Waals surface area contributed by atoms with E-state index >= 15 is 0 Å². The zero-order valence-corrected chi connectivity index (χ0v) is 10.2. The average Bonchev–Trinajstić information content (AvgIpc) is 2.58. The number of nitrogens with zero attached hydrogens (tertiary/aromatic N) is 2. The fourth-order valence-corrected chi connectivity index (χ4v) is 3.15. The van der Waals surface area contributed by atoms with Crippen LogP contribution in [-0.2, 0) is 0 Å². The van der Waals surface area contributed by atoms with Gasteiger partial charge in [-0.1, -0.05) is 0 Å². The van der Waals surface area contributed by atoms with Crippen molar-refractivity contribution in [3.63, 3.8) is 0 Å². The third-order valence-corrected chi connectivity index (χ3v) is 3.81. The zero-order valence-electron chi connectivity index (χ0n) is 10.2. The van der Waals surface area contributed by atoms with Gasteiger partial charge in [0.25, 0.3) is 0 Å². The van der Waals surface area contributed by atoms with Crippen molar-refractivity contribution in [3.05, 3.63) is 0 Å². The van der Waals surface area contributed by atoms with Crippen LogP contribution in [0, 0.1) is 0 Å². The van der Waals surface area contributed by atoms with E-state index in [1.807, 2.05) is 0 Å². The first-order chi connectivity index (χ1) is 6.39. The Bertz CT molecular complexity index is 217. The molecule has 2 aliphatic rings. The summed E-state index contributed by atoms with van der Waals surface area (Å²) in [4.78, 5) is 5.36. The Balaban J connectivity index is 2.03. The topological polar surface area (TPSA) is 6.48 Å². The summed E-state index contributed by atoms with van der Waals surface area (Å²) in [5.41, 5.74) is 0.364. The summed E-state index contributed by atoms with van der Waals surface area (Å²) in [7, 11) is 0. The summed E-state index contributed by atoms with van der Waals surface area (Å²) in [6.07, 6.45) is 1.40. The fraction of sp³-hybridized carbons (Fsp3) is 1.00. The van der Waals surface area contributed by atoms with Crippen LogP contribution < -0.4 is 0 Å². The number of likely N-dealkylation sites (tertiary alicyclic amines) is 2. The molecule has 2 saturated heterocycles. The molecule has 2 fully saturated rings. The van der Waals surface area contributed by atoms with Gasteiger partial charge >= 0.3 is 0 Å². The van der Waals surface area contributed by atoms with E-state index in [4.69, 9.17) is 0 Å². The minimum absolute atomic E-state index is 0.364. The van der Waals surface area contributed by atoms with Crippen LogP contribution in [-0.4, -0.2) is 46.6 Å². The number of piperazine rings is 1. The highest BCUT2D eigenvalue weighted by Gasteiger charge is 2.47. The Morgan fingerprint density at radius 3 is 2.07 bits per heavy atom. The summed E-state index contributed by atoms with van der Waals surface area (Å²) in [5.74, 6) is 0. The molecule has 2 nitrogen and oxygen atoms in total. The molecule has 0 aromatic rings. The number of hydrogen-bond acceptors (Lipinski definition) is 2. The molecule has 82 valence electrons. The number of hydrogen-bond donors (Lipinski definition) is 0. The van der Waals surface area contributed by atoms with Gasteiger partial charge in [0.15, 0.2) is 0 Å². The lowest BCUT2D eigenvalue weighted by atomic mass is 10.0. The predicted molar refractivity (Wildman–Crippen MR) is 60.5 cm³/mol. The summed E-state index contributed by atoms with van der Waals surface area (Å²) in [5, 5.41) is 0. The Morgan fingerprint density at radius 1 is 1.07 bits per heavy atom. The van der Waals surface area contributed by atoms with Gasteiger partial charge in [0.2, 0.25) is 0 Å². The van der Waals surface area contributed by atoms with Crippen LogP contribution in [0.15, 0.2) is 0 Å². The molecule has 2 heterocycles. The molecular formula is C12H24N2. The van der Waals surface area contributed by atoms with Crippen LogP contribution in [0.3, 0.4) is 0 Å². The molecule has 0 aromatic heterocycles. The van der Waals surface area contributed by atoms with E-state index in [-0.39, 0.29) is 0 Å². The summed E-state index contributed by atoms with van der Waals surface area (Å²) >= 11 is 0. The third kappa shape index (κ3) is 1.59. The van der Waals surface area contributed by atoms with E-state index in [2.05, 4.69) is 44.4 Å². The van der Waals surface area contributed by atoms with E-state index in [1.165, 1.54) is 19.5 Å². The minimum atomic E-state index is 0.364. The first-order valence-corrected chi connectivity index (χ1v) is 5.92. The van der Waals surface area contributed by atoms with Gasteiger partial charge in [-0.15, -0.1) is 0 Å². The van der Waals surface area contributed by atoms with Gasteiger partial charge in [-0.25, -0.2) is 0 Å². The van der Waals surface area contributed by atoms with Gasteiger partial charge in [0.1, 0.15) is 0 Å². The molecule has 0 saturated carbocycles. The van der Waals surface area contributed by atoms with Crippen molar-refractivity contribution in [2.45, 2.75) is 64.7 Å². The van der Waals surface area contributed by atoms with E-state index in [1.54, 1.807) is 0 Å². The van der Waals surface area contributed by atoms with E-state index in [0.717, 1.165) is 18.1 Å². The Labute approximate surface area is 88.3 Å². The molecular weight excluding hydrogens is 172 g/mol. The maximum absolute atomic E-state index is 2.69. The van der Waals surface area contributed by atoms with Crippen LogP contribution in [0.1, 0.15) is 41.0 Å². The molecule has 0 aromatic carbocycles. The zero-order chi connectivity index (χ0) is 10.5. The first kappa shape index (κ1) is 10.4. The van der Waals surface area contributed by atoms with Crippen molar-refractivity contribution < 1.29 is 0 Å². The summed E-state index contributed by atoms with van der Waals surface area (Å²) < 4.78 is 0.